The monoisotopic (exact) mass is 450 g/mol. The molecule has 166 valence electrons. The van der Waals surface area contributed by atoms with Gasteiger partial charge in [-0.25, -0.2) is 8.42 Å². The van der Waals surface area contributed by atoms with Crippen molar-refractivity contribution in [2.75, 3.05) is 22.1 Å². The standard InChI is InChI=1S/C25H26N2O4S/c1-19-9-7-13-21(17-19)26-25(29)22-14-5-6-15-23(22)27-24(28)18-32(30,31)16-8-12-20-10-3-2-4-11-20/h2-7,9-11,13-15,17H,8,12,16,18H2,1H3,(H,26,29)(H,27,28). The molecule has 0 aromatic heterocycles. The number of carbonyl (C=O) groups excluding carboxylic acids is 2. The Morgan fingerprint density at radius 3 is 2.31 bits per heavy atom. The van der Waals surface area contributed by atoms with Gasteiger partial charge in [-0.2, -0.15) is 0 Å². The SMILES string of the molecule is Cc1cccc(NC(=O)c2ccccc2NC(=O)CS(=O)(=O)CCCc2ccccc2)c1. The second-order valence-electron chi connectivity index (χ2n) is 7.60. The van der Waals surface area contributed by atoms with Crippen molar-refractivity contribution in [2.45, 2.75) is 19.8 Å². The van der Waals surface area contributed by atoms with E-state index in [9.17, 15) is 18.0 Å². The van der Waals surface area contributed by atoms with Crippen LogP contribution in [0.3, 0.4) is 0 Å². The molecule has 2 N–H and O–H groups in total. The molecule has 32 heavy (non-hydrogen) atoms. The van der Waals surface area contributed by atoms with E-state index in [2.05, 4.69) is 10.6 Å². The minimum atomic E-state index is -3.57. The smallest absolute Gasteiger partial charge is 0.257 e. The van der Waals surface area contributed by atoms with Crippen molar-refractivity contribution in [2.24, 2.45) is 0 Å². The number of benzene rings is 3. The lowest BCUT2D eigenvalue weighted by Crippen LogP contribution is -2.26. The highest BCUT2D eigenvalue weighted by Gasteiger charge is 2.19. The van der Waals surface area contributed by atoms with Crippen LogP contribution in [0.4, 0.5) is 11.4 Å². The number of carbonyl (C=O) groups is 2. The van der Waals surface area contributed by atoms with Crippen LogP contribution in [-0.2, 0) is 21.1 Å². The van der Waals surface area contributed by atoms with Gasteiger partial charge in [0.2, 0.25) is 5.91 Å². The fourth-order valence-corrected chi connectivity index (χ4v) is 4.51. The highest BCUT2D eigenvalue weighted by molar-refractivity contribution is 7.92. The van der Waals surface area contributed by atoms with Crippen LogP contribution in [0, 0.1) is 6.92 Å². The number of nitrogens with one attached hydrogen (secondary N) is 2. The van der Waals surface area contributed by atoms with Crippen molar-refractivity contribution in [1.82, 2.24) is 0 Å². The summed E-state index contributed by atoms with van der Waals surface area (Å²) in [5.74, 6) is -1.77. The third-order valence-corrected chi connectivity index (χ3v) is 6.45. The number of anilines is 2. The van der Waals surface area contributed by atoms with Crippen molar-refractivity contribution >= 4 is 33.0 Å². The molecule has 0 saturated heterocycles. The first-order valence-electron chi connectivity index (χ1n) is 10.3. The van der Waals surface area contributed by atoms with E-state index in [-0.39, 0.29) is 17.0 Å². The largest absolute Gasteiger partial charge is 0.324 e. The Morgan fingerprint density at radius 1 is 0.844 bits per heavy atom. The summed E-state index contributed by atoms with van der Waals surface area (Å²) < 4.78 is 24.7. The van der Waals surface area contributed by atoms with Gasteiger partial charge in [-0.1, -0.05) is 54.6 Å². The maximum absolute atomic E-state index is 12.7. The lowest BCUT2D eigenvalue weighted by atomic mass is 10.1. The van der Waals surface area contributed by atoms with Crippen molar-refractivity contribution in [3.63, 3.8) is 0 Å². The van der Waals surface area contributed by atoms with E-state index in [0.717, 1.165) is 11.1 Å². The van der Waals surface area contributed by atoms with E-state index in [1.807, 2.05) is 55.5 Å². The minimum absolute atomic E-state index is 0.0786. The fourth-order valence-electron chi connectivity index (χ4n) is 3.31. The molecule has 0 heterocycles. The molecule has 0 fully saturated rings. The number of amides is 2. The van der Waals surface area contributed by atoms with Crippen molar-refractivity contribution in [3.8, 4) is 0 Å². The quantitative estimate of drug-likeness (QED) is 0.510. The van der Waals surface area contributed by atoms with Crippen LogP contribution >= 0.6 is 0 Å². The fraction of sp³-hybridized carbons (Fsp3) is 0.200. The Kier molecular flexibility index (Phi) is 7.78. The van der Waals surface area contributed by atoms with Gasteiger partial charge in [0.25, 0.3) is 5.91 Å². The van der Waals surface area contributed by atoms with Crippen LogP contribution < -0.4 is 10.6 Å². The second kappa shape index (κ2) is 10.7. The first-order chi connectivity index (χ1) is 15.3. The lowest BCUT2D eigenvalue weighted by molar-refractivity contribution is -0.113. The van der Waals surface area contributed by atoms with E-state index in [4.69, 9.17) is 0 Å². The molecule has 0 spiro atoms. The van der Waals surface area contributed by atoms with E-state index >= 15 is 0 Å². The van der Waals surface area contributed by atoms with Crippen LogP contribution in [0.1, 0.15) is 27.9 Å². The summed E-state index contributed by atoms with van der Waals surface area (Å²) in [6.45, 7) is 1.92. The van der Waals surface area contributed by atoms with Crippen molar-refractivity contribution in [3.05, 3.63) is 95.6 Å². The Balaban J connectivity index is 1.59. The third-order valence-electron chi connectivity index (χ3n) is 4.84. The zero-order chi connectivity index (χ0) is 23.0. The molecule has 0 aliphatic rings. The van der Waals surface area contributed by atoms with Crippen molar-refractivity contribution < 1.29 is 18.0 Å². The molecule has 0 radical (unpaired) electrons. The molecule has 3 aromatic rings. The molecule has 2 amide bonds. The van der Waals surface area contributed by atoms with Gasteiger partial charge in [0.05, 0.1) is 17.0 Å². The molecule has 0 bridgehead atoms. The van der Waals surface area contributed by atoms with Gasteiger partial charge in [0.1, 0.15) is 5.75 Å². The highest BCUT2D eigenvalue weighted by Crippen LogP contribution is 2.18. The molecule has 0 aliphatic carbocycles. The predicted molar refractivity (Wildman–Crippen MR) is 128 cm³/mol. The summed E-state index contributed by atoms with van der Waals surface area (Å²) in [5.41, 5.74) is 3.21. The van der Waals surface area contributed by atoms with E-state index in [1.54, 1.807) is 30.3 Å². The molecule has 0 aliphatic heterocycles. The lowest BCUT2D eigenvalue weighted by Gasteiger charge is -2.12. The molecule has 0 atom stereocenters. The van der Waals surface area contributed by atoms with Gasteiger partial charge in [0, 0.05) is 5.69 Å². The van der Waals surface area contributed by atoms with Gasteiger partial charge in [-0.3, -0.25) is 9.59 Å². The van der Waals surface area contributed by atoms with Gasteiger partial charge < -0.3 is 10.6 Å². The van der Waals surface area contributed by atoms with Crippen LogP contribution in [0.15, 0.2) is 78.9 Å². The Morgan fingerprint density at radius 2 is 1.56 bits per heavy atom. The number of aryl methyl sites for hydroxylation is 2. The summed E-state index contributed by atoms with van der Waals surface area (Å²) >= 11 is 0. The van der Waals surface area contributed by atoms with E-state index in [0.29, 0.717) is 18.5 Å². The summed E-state index contributed by atoms with van der Waals surface area (Å²) in [7, 11) is -3.57. The maximum Gasteiger partial charge on any atom is 0.257 e. The highest BCUT2D eigenvalue weighted by atomic mass is 32.2. The minimum Gasteiger partial charge on any atom is -0.324 e. The predicted octanol–water partition coefficient (Wildman–Crippen LogP) is 4.23. The van der Waals surface area contributed by atoms with Crippen LogP contribution in [0.25, 0.3) is 0 Å². The summed E-state index contributed by atoms with van der Waals surface area (Å²) in [6.07, 6.45) is 1.07. The van der Waals surface area contributed by atoms with Gasteiger partial charge >= 0.3 is 0 Å². The molecule has 3 aromatic carbocycles. The van der Waals surface area contributed by atoms with Gasteiger partial charge in [-0.05, 0) is 55.2 Å². The summed E-state index contributed by atoms with van der Waals surface area (Å²) in [6, 6.07) is 23.5. The topological polar surface area (TPSA) is 92.3 Å². The van der Waals surface area contributed by atoms with Crippen molar-refractivity contribution in [1.29, 1.82) is 0 Å². The number of hydrogen-bond acceptors (Lipinski definition) is 4. The maximum atomic E-state index is 12.7. The zero-order valence-corrected chi connectivity index (χ0v) is 18.7. The normalized spacial score (nSPS) is 11.0. The second-order valence-corrected chi connectivity index (χ2v) is 9.78. The van der Waals surface area contributed by atoms with Crippen LogP contribution in [0.2, 0.25) is 0 Å². The van der Waals surface area contributed by atoms with Gasteiger partial charge in [0.15, 0.2) is 9.84 Å². The number of hydrogen-bond donors (Lipinski definition) is 2. The molecule has 3 rings (SSSR count). The molecule has 0 unspecified atom stereocenters. The third kappa shape index (κ3) is 7.06. The Hall–Kier alpha value is -3.45. The molecular weight excluding hydrogens is 424 g/mol. The average Bonchev–Trinajstić information content (AvgIpc) is 2.74. The molecule has 7 heteroatoms. The van der Waals surface area contributed by atoms with E-state index < -0.39 is 27.4 Å². The summed E-state index contributed by atoms with van der Waals surface area (Å²) in [4.78, 5) is 25.1. The number of rotatable bonds is 9. The zero-order valence-electron chi connectivity index (χ0n) is 17.9. The molecule has 6 nitrogen and oxygen atoms in total. The van der Waals surface area contributed by atoms with Crippen LogP contribution in [0.5, 0.6) is 0 Å². The summed E-state index contributed by atoms with van der Waals surface area (Å²) in [5, 5.41) is 5.37. The number of sulfone groups is 1. The molecule has 0 saturated carbocycles. The van der Waals surface area contributed by atoms with Gasteiger partial charge in [-0.15, -0.1) is 0 Å². The Labute approximate surface area is 188 Å². The van der Waals surface area contributed by atoms with E-state index in [1.165, 1.54) is 0 Å². The van der Waals surface area contributed by atoms with Crippen LogP contribution in [-0.4, -0.2) is 31.7 Å². The average molecular weight is 451 g/mol. The molecular formula is C25H26N2O4S. The number of para-hydroxylation sites is 1. The first-order valence-corrected chi connectivity index (χ1v) is 12.2. The first kappa shape index (κ1) is 23.2. The Bertz CT molecular complexity index is 1190.